The van der Waals surface area contributed by atoms with Crippen molar-refractivity contribution in [3.05, 3.63) is 77.3 Å². The minimum atomic E-state index is 0.379. The van der Waals surface area contributed by atoms with Crippen LogP contribution >= 0.6 is 11.6 Å². The monoisotopic (exact) mass is 378 g/mol. The quantitative estimate of drug-likeness (QED) is 0.457. The average Bonchev–Trinajstić information content (AvgIpc) is 3.12. The lowest BCUT2D eigenvalue weighted by atomic mass is 10.2. The zero-order valence-corrected chi connectivity index (χ0v) is 15.7. The summed E-state index contributed by atoms with van der Waals surface area (Å²) in [6.07, 6.45) is 0. The molecule has 0 fully saturated rings. The molecular weight excluding hydrogens is 360 g/mol. The Bertz CT molecular complexity index is 1040. The maximum atomic E-state index is 6.21. The van der Waals surface area contributed by atoms with Gasteiger partial charge in [-0.25, -0.2) is 4.98 Å². The van der Waals surface area contributed by atoms with Crippen LogP contribution in [-0.4, -0.2) is 16.6 Å². The van der Waals surface area contributed by atoms with Crippen LogP contribution in [-0.2, 0) is 6.61 Å². The summed E-state index contributed by atoms with van der Waals surface area (Å²) in [5.74, 6) is 2.16. The molecule has 136 valence electrons. The van der Waals surface area contributed by atoms with Gasteiger partial charge >= 0.3 is 0 Å². The molecule has 0 radical (unpaired) electrons. The van der Waals surface area contributed by atoms with Gasteiger partial charge in [-0.1, -0.05) is 41.9 Å². The van der Waals surface area contributed by atoms with Crippen LogP contribution in [0, 0.1) is 0 Å². The zero-order valence-electron chi connectivity index (χ0n) is 14.9. The van der Waals surface area contributed by atoms with Crippen LogP contribution in [0.5, 0.6) is 11.5 Å². The first kappa shape index (κ1) is 17.4. The molecule has 0 saturated carbocycles. The first-order valence-corrected chi connectivity index (χ1v) is 9.20. The number of para-hydroxylation sites is 2. The number of H-pyrrole nitrogens is 1. The van der Waals surface area contributed by atoms with E-state index >= 15 is 0 Å². The number of nitrogens with one attached hydrogen (secondary N) is 1. The number of aromatic amines is 1. The second-order valence-corrected chi connectivity index (χ2v) is 6.48. The summed E-state index contributed by atoms with van der Waals surface area (Å²) in [6.45, 7) is 2.88. The molecule has 0 aliphatic rings. The number of halogens is 1. The van der Waals surface area contributed by atoms with E-state index < -0.39 is 0 Å². The summed E-state index contributed by atoms with van der Waals surface area (Å²) in [4.78, 5) is 7.99. The minimum Gasteiger partial charge on any atom is -0.490 e. The lowest BCUT2D eigenvalue weighted by Crippen LogP contribution is -2.00. The van der Waals surface area contributed by atoms with E-state index in [4.69, 9.17) is 21.1 Å². The van der Waals surface area contributed by atoms with Crippen molar-refractivity contribution in [1.82, 2.24) is 9.97 Å². The fraction of sp³-hybridized carbons (Fsp3) is 0.136. The van der Waals surface area contributed by atoms with Gasteiger partial charge in [0.05, 0.1) is 17.6 Å². The third kappa shape index (κ3) is 3.76. The molecule has 5 heteroatoms. The Labute approximate surface area is 162 Å². The number of nitrogens with zero attached hydrogens (tertiary/aromatic N) is 1. The predicted octanol–water partition coefficient (Wildman–Crippen LogP) is 5.86. The molecule has 0 unspecified atom stereocenters. The molecular formula is C22H19ClN2O2. The Hall–Kier alpha value is -2.98. The topological polar surface area (TPSA) is 47.1 Å². The summed E-state index contributed by atoms with van der Waals surface area (Å²) in [6, 6.07) is 21.4. The maximum Gasteiger partial charge on any atom is 0.161 e. The summed E-state index contributed by atoms with van der Waals surface area (Å²) < 4.78 is 11.8. The van der Waals surface area contributed by atoms with Gasteiger partial charge in [0.2, 0.25) is 0 Å². The van der Waals surface area contributed by atoms with E-state index in [9.17, 15) is 0 Å². The van der Waals surface area contributed by atoms with Crippen LogP contribution in [0.4, 0.5) is 0 Å². The number of fused-ring (bicyclic) bond motifs is 1. The van der Waals surface area contributed by atoms with Gasteiger partial charge in [0.25, 0.3) is 0 Å². The van der Waals surface area contributed by atoms with Crippen LogP contribution in [0.15, 0.2) is 66.7 Å². The normalized spacial score (nSPS) is 10.9. The van der Waals surface area contributed by atoms with E-state index in [2.05, 4.69) is 9.97 Å². The van der Waals surface area contributed by atoms with E-state index in [1.165, 1.54) is 0 Å². The highest BCUT2D eigenvalue weighted by molar-refractivity contribution is 6.31. The highest BCUT2D eigenvalue weighted by Gasteiger charge is 2.11. The van der Waals surface area contributed by atoms with E-state index in [0.29, 0.717) is 29.7 Å². The number of aromatic nitrogens is 2. The zero-order chi connectivity index (χ0) is 18.6. The van der Waals surface area contributed by atoms with Gasteiger partial charge in [-0.05, 0) is 43.3 Å². The number of ether oxygens (including phenoxy) is 2. The molecule has 0 aliphatic heterocycles. The number of imidazole rings is 1. The van der Waals surface area contributed by atoms with Crippen LogP contribution in [0.1, 0.15) is 12.5 Å². The van der Waals surface area contributed by atoms with Gasteiger partial charge in [0.1, 0.15) is 12.4 Å². The molecule has 4 rings (SSSR count). The molecule has 1 N–H and O–H groups in total. The standard InChI is InChI=1S/C22H19ClN2O2/c1-2-26-21-13-15(22-24-18-9-5-6-10-19(18)25-22)11-12-20(21)27-14-16-7-3-4-8-17(16)23/h3-13H,2,14H2,1H3,(H,24,25). The van der Waals surface area contributed by atoms with Crippen LogP contribution in [0.3, 0.4) is 0 Å². The number of benzene rings is 3. The van der Waals surface area contributed by atoms with Crippen molar-refractivity contribution >= 4 is 22.6 Å². The van der Waals surface area contributed by atoms with E-state index in [-0.39, 0.29) is 0 Å². The minimum absolute atomic E-state index is 0.379. The van der Waals surface area contributed by atoms with Crippen LogP contribution < -0.4 is 9.47 Å². The molecule has 0 saturated heterocycles. The van der Waals surface area contributed by atoms with Gasteiger partial charge in [-0.3, -0.25) is 0 Å². The second kappa shape index (κ2) is 7.72. The number of hydrogen-bond donors (Lipinski definition) is 1. The van der Waals surface area contributed by atoms with Crippen molar-refractivity contribution in [2.75, 3.05) is 6.61 Å². The summed E-state index contributed by atoms with van der Waals surface area (Å²) in [5, 5.41) is 0.689. The Balaban J connectivity index is 1.62. The Kier molecular flexibility index (Phi) is 4.99. The Morgan fingerprint density at radius 3 is 2.56 bits per heavy atom. The fourth-order valence-electron chi connectivity index (χ4n) is 2.90. The molecule has 4 aromatic rings. The van der Waals surface area contributed by atoms with Crippen molar-refractivity contribution in [3.8, 4) is 22.9 Å². The molecule has 0 bridgehead atoms. The second-order valence-electron chi connectivity index (χ2n) is 6.08. The van der Waals surface area contributed by atoms with Gasteiger partial charge in [0, 0.05) is 16.1 Å². The molecule has 0 atom stereocenters. The SMILES string of the molecule is CCOc1cc(-c2nc3ccccc3[nH]2)ccc1OCc1ccccc1Cl. The predicted molar refractivity (Wildman–Crippen MR) is 108 cm³/mol. The third-order valence-electron chi connectivity index (χ3n) is 4.25. The Morgan fingerprint density at radius 2 is 1.74 bits per heavy atom. The highest BCUT2D eigenvalue weighted by atomic mass is 35.5. The van der Waals surface area contributed by atoms with Gasteiger partial charge in [-0.15, -0.1) is 0 Å². The maximum absolute atomic E-state index is 6.21. The summed E-state index contributed by atoms with van der Waals surface area (Å²) in [7, 11) is 0. The smallest absolute Gasteiger partial charge is 0.161 e. The fourth-order valence-corrected chi connectivity index (χ4v) is 3.09. The first-order chi connectivity index (χ1) is 13.2. The average molecular weight is 379 g/mol. The molecule has 1 aromatic heterocycles. The summed E-state index contributed by atoms with van der Waals surface area (Å²) >= 11 is 6.21. The van der Waals surface area contributed by atoms with Crippen molar-refractivity contribution in [1.29, 1.82) is 0 Å². The molecule has 0 amide bonds. The van der Waals surface area contributed by atoms with E-state index in [1.807, 2.05) is 73.7 Å². The first-order valence-electron chi connectivity index (χ1n) is 8.83. The van der Waals surface area contributed by atoms with E-state index in [1.54, 1.807) is 0 Å². The lowest BCUT2D eigenvalue weighted by molar-refractivity contribution is 0.269. The van der Waals surface area contributed by atoms with Crippen molar-refractivity contribution in [2.24, 2.45) is 0 Å². The number of hydrogen-bond acceptors (Lipinski definition) is 3. The van der Waals surface area contributed by atoms with Crippen LogP contribution in [0.25, 0.3) is 22.4 Å². The van der Waals surface area contributed by atoms with Crippen LogP contribution in [0.2, 0.25) is 5.02 Å². The van der Waals surface area contributed by atoms with E-state index in [0.717, 1.165) is 28.0 Å². The summed E-state index contributed by atoms with van der Waals surface area (Å²) in [5.41, 5.74) is 3.82. The Morgan fingerprint density at radius 1 is 0.926 bits per heavy atom. The molecule has 4 nitrogen and oxygen atoms in total. The molecule has 27 heavy (non-hydrogen) atoms. The third-order valence-corrected chi connectivity index (χ3v) is 4.62. The van der Waals surface area contributed by atoms with Gasteiger partial charge in [-0.2, -0.15) is 0 Å². The van der Waals surface area contributed by atoms with Gasteiger partial charge < -0.3 is 14.5 Å². The molecule has 1 heterocycles. The van der Waals surface area contributed by atoms with Gasteiger partial charge in [0.15, 0.2) is 11.5 Å². The largest absolute Gasteiger partial charge is 0.490 e. The lowest BCUT2D eigenvalue weighted by Gasteiger charge is -2.13. The highest BCUT2D eigenvalue weighted by Crippen LogP contribution is 2.33. The molecule has 0 aliphatic carbocycles. The van der Waals surface area contributed by atoms with Crippen molar-refractivity contribution < 1.29 is 9.47 Å². The molecule has 0 spiro atoms. The number of rotatable bonds is 6. The van der Waals surface area contributed by atoms with Crippen molar-refractivity contribution in [3.63, 3.8) is 0 Å². The molecule has 3 aromatic carbocycles. The van der Waals surface area contributed by atoms with Crippen molar-refractivity contribution in [2.45, 2.75) is 13.5 Å².